The molecule has 0 radical (unpaired) electrons. The Morgan fingerprint density at radius 3 is 2.00 bits per heavy atom. The SMILES string of the molecule is COC(=O)C(CCC[Si](OC)(OC)OC)CC(=O)O. The fraction of sp³-hybridized carbons (Fsp3) is 0.818. The molecule has 0 amide bonds. The van der Waals surface area contributed by atoms with Crippen LogP contribution in [-0.2, 0) is 27.6 Å². The predicted octanol–water partition coefficient (Wildman–Crippen LogP) is 0.909. The molecule has 0 aliphatic carbocycles. The zero-order valence-corrected chi connectivity index (χ0v) is 12.8. The zero-order valence-electron chi connectivity index (χ0n) is 11.8. The number of carbonyl (C=O) groups is 2. The molecular weight excluding hydrogens is 272 g/mol. The average molecular weight is 294 g/mol. The Balaban J connectivity index is 4.39. The van der Waals surface area contributed by atoms with Crippen molar-refractivity contribution < 1.29 is 32.7 Å². The summed E-state index contributed by atoms with van der Waals surface area (Å²) in [4.78, 5) is 22.1. The van der Waals surface area contributed by atoms with Gasteiger partial charge in [-0.05, 0) is 12.8 Å². The van der Waals surface area contributed by atoms with Crippen molar-refractivity contribution in [2.75, 3.05) is 28.4 Å². The lowest BCUT2D eigenvalue weighted by Crippen LogP contribution is -2.42. The molecule has 19 heavy (non-hydrogen) atoms. The second-order valence-electron chi connectivity index (χ2n) is 4.01. The fourth-order valence-corrected chi connectivity index (χ4v) is 3.55. The van der Waals surface area contributed by atoms with E-state index < -0.39 is 26.7 Å². The molecule has 8 heteroatoms. The van der Waals surface area contributed by atoms with E-state index in [4.69, 9.17) is 18.4 Å². The van der Waals surface area contributed by atoms with E-state index in [-0.39, 0.29) is 6.42 Å². The van der Waals surface area contributed by atoms with Crippen molar-refractivity contribution in [3.63, 3.8) is 0 Å². The maximum atomic E-state index is 11.4. The van der Waals surface area contributed by atoms with Crippen LogP contribution in [0.1, 0.15) is 19.3 Å². The predicted molar refractivity (Wildman–Crippen MR) is 68.6 cm³/mol. The van der Waals surface area contributed by atoms with Crippen molar-refractivity contribution in [2.45, 2.75) is 25.3 Å². The first-order valence-electron chi connectivity index (χ1n) is 5.89. The van der Waals surface area contributed by atoms with Crippen molar-refractivity contribution in [1.29, 1.82) is 0 Å². The second-order valence-corrected chi connectivity index (χ2v) is 7.10. The summed E-state index contributed by atoms with van der Waals surface area (Å²) in [6.07, 6.45) is 0.715. The molecule has 0 rings (SSSR count). The van der Waals surface area contributed by atoms with Crippen molar-refractivity contribution in [3.05, 3.63) is 0 Å². The van der Waals surface area contributed by atoms with Gasteiger partial charge >= 0.3 is 20.7 Å². The lowest BCUT2D eigenvalue weighted by atomic mass is 10.0. The molecule has 1 unspecified atom stereocenters. The number of rotatable bonds is 10. The summed E-state index contributed by atoms with van der Waals surface area (Å²) in [6.45, 7) is 0. The van der Waals surface area contributed by atoms with Gasteiger partial charge in [-0.2, -0.15) is 0 Å². The van der Waals surface area contributed by atoms with Crippen LogP contribution in [0, 0.1) is 5.92 Å². The molecule has 0 fully saturated rings. The normalized spacial score (nSPS) is 13.1. The zero-order chi connectivity index (χ0) is 14.9. The van der Waals surface area contributed by atoms with Gasteiger partial charge in [-0.3, -0.25) is 9.59 Å². The Kier molecular flexibility index (Phi) is 8.57. The minimum atomic E-state index is -2.67. The van der Waals surface area contributed by atoms with E-state index in [1.807, 2.05) is 0 Å². The molecule has 112 valence electrons. The molecular formula is C11H22O7Si. The summed E-state index contributed by atoms with van der Waals surface area (Å²) in [5.41, 5.74) is 0. The molecule has 7 nitrogen and oxygen atoms in total. The number of hydrogen-bond acceptors (Lipinski definition) is 6. The summed E-state index contributed by atoms with van der Waals surface area (Å²) in [7, 11) is 3.10. The molecule has 0 spiro atoms. The van der Waals surface area contributed by atoms with Gasteiger partial charge in [0.25, 0.3) is 0 Å². The van der Waals surface area contributed by atoms with Gasteiger partial charge in [0.2, 0.25) is 0 Å². The first-order chi connectivity index (χ1) is 8.94. The summed E-state index contributed by atoms with van der Waals surface area (Å²) < 4.78 is 20.3. The van der Waals surface area contributed by atoms with Crippen LogP contribution in [0.2, 0.25) is 6.04 Å². The van der Waals surface area contributed by atoms with Crippen LogP contribution in [-0.4, -0.2) is 54.3 Å². The Morgan fingerprint density at radius 1 is 1.11 bits per heavy atom. The number of methoxy groups -OCH3 is 1. The van der Waals surface area contributed by atoms with E-state index in [0.29, 0.717) is 18.9 Å². The number of carbonyl (C=O) groups excluding carboxylic acids is 1. The van der Waals surface area contributed by atoms with Crippen LogP contribution in [0.5, 0.6) is 0 Å². The molecule has 0 saturated carbocycles. The first kappa shape index (κ1) is 18.0. The van der Waals surface area contributed by atoms with Crippen LogP contribution in [0.15, 0.2) is 0 Å². The molecule has 0 saturated heterocycles. The highest BCUT2D eigenvalue weighted by Crippen LogP contribution is 2.21. The van der Waals surface area contributed by atoms with Gasteiger partial charge in [-0.25, -0.2) is 0 Å². The van der Waals surface area contributed by atoms with Gasteiger partial charge in [0.15, 0.2) is 0 Å². The maximum Gasteiger partial charge on any atom is 0.500 e. The summed E-state index contributed by atoms with van der Waals surface area (Å²) in [6, 6.07) is 0.517. The Labute approximate surface area is 114 Å². The second kappa shape index (κ2) is 9.02. The quantitative estimate of drug-likeness (QED) is 0.473. The number of esters is 1. The molecule has 0 aromatic rings. The number of aliphatic carboxylic acids is 1. The highest BCUT2D eigenvalue weighted by molar-refractivity contribution is 6.60. The summed E-state index contributed by atoms with van der Waals surface area (Å²) in [5.74, 6) is -2.19. The Morgan fingerprint density at radius 2 is 1.63 bits per heavy atom. The van der Waals surface area contributed by atoms with Crippen molar-refractivity contribution >= 4 is 20.7 Å². The van der Waals surface area contributed by atoms with Gasteiger partial charge in [0.1, 0.15) is 0 Å². The molecule has 0 aliphatic rings. The largest absolute Gasteiger partial charge is 0.500 e. The third-order valence-corrected chi connectivity index (χ3v) is 5.76. The number of ether oxygens (including phenoxy) is 1. The molecule has 0 bridgehead atoms. The fourth-order valence-electron chi connectivity index (χ4n) is 1.80. The highest BCUT2D eigenvalue weighted by atomic mass is 28.4. The summed E-state index contributed by atoms with van der Waals surface area (Å²) in [5, 5.41) is 8.75. The van der Waals surface area contributed by atoms with Crippen LogP contribution in [0.4, 0.5) is 0 Å². The maximum absolute atomic E-state index is 11.4. The molecule has 0 aromatic heterocycles. The van der Waals surface area contributed by atoms with Crippen LogP contribution < -0.4 is 0 Å². The van der Waals surface area contributed by atoms with E-state index in [9.17, 15) is 9.59 Å². The first-order valence-corrected chi connectivity index (χ1v) is 7.83. The van der Waals surface area contributed by atoms with E-state index in [0.717, 1.165) is 0 Å². The lowest BCUT2D eigenvalue weighted by Gasteiger charge is -2.24. The number of hydrogen-bond donors (Lipinski definition) is 1. The topological polar surface area (TPSA) is 91.3 Å². The van der Waals surface area contributed by atoms with Gasteiger partial charge in [-0.15, -0.1) is 0 Å². The van der Waals surface area contributed by atoms with Gasteiger partial charge in [-0.1, -0.05) is 0 Å². The summed E-state index contributed by atoms with van der Waals surface area (Å²) >= 11 is 0. The van der Waals surface area contributed by atoms with E-state index in [2.05, 4.69) is 4.74 Å². The molecule has 0 aromatic carbocycles. The van der Waals surface area contributed by atoms with Gasteiger partial charge in [0.05, 0.1) is 19.4 Å². The van der Waals surface area contributed by atoms with Gasteiger partial charge in [0, 0.05) is 27.4 Å². The smallest absolute Gasteiger partial charge is 0.481 e. The van der Waals surface area contributed by atoms with Crippen molar-refractivity contribution in [1.82, 2.24) is 0 Å². The average Bonchev–Trinajstić information content (AvgIpc) is 2.41. The Hall–Kier alpha value is -0.963. The van der Waals surface area contributed by atoms with Gasteiger partial charge < -0.3 is 23.1 Å². The molecule has 0 heterocycles. The number of carboxylic acids is 1. The minimum absolute atomic E-state index is 0.242. The Bertz CT molecular complexity index is 283. The molecule has 1 atom stereocenters. The van der Waals surface area contributed by atoms with Crippen LogP contribution in [0.3, 0.4) is 0 Å². The van der Waals surface area contributed by atoms with E-state index in [1.54, 1.807) is 0 Å². The van der Waals surface area contributed by atoms with E-state index >= 15 is 0 Å². The van der Waals surface area contributed by atoms with Crippen molar-refractivity contribution in [2.24, 2.45) is 5.92 Å². The molecule has 0 aliphatic heterocycles. The highest BCUT2D eigenvalue weighted by Gasteiger charge is 2.37. The molecule has 1 N–H and O–H groups in total. The third kappa shape index (κ3) is 6.15. The lowest BCUT2D eigenvalue weighted by molar-refractivity contribution is -0.151. The third-order valence-electron chi connectivity index (χ3n) is 2.92. The monoisotopic (exact) mass is 294 g/mol. The standard InChI is InChI=1S/C11H22O7Si/c1-15-11(14)9(8-10(12)13)6-5-7-19(16-2,17-3)18-4/h9H,5-8H2,1-4H3,(H,12,13). The van der Waals surface area contributed by atoms with Crippen LogP contribution in [0.25, 0.3) is 0 Å². The van der Waals surface area contributed by atoms with Crippen molar-refractivity contribution in [3.8, 4) is 0 Å². The number of carboxylic acid groups (broad SMARTS) is 1. The van der Waals surface area contributed by atoms with Crippen LogP contribution >= 0.6 is 0 Å². The minimum Gasteiger partial charge on any atom is -0.481 e. The van der Waals surface area contributed by atoms with E-state index in [1.165, 1.54) is 28.4 Å².